The van der Waals surface area contributed by atoms with Gasteiger partial charge in [-0.2, -0.15) is 0 Å². The van der Waals surface area contributed by atoms with Crippen LogP contribution in [0.4, 0.5) is 0 Å². The minimum atomic E-state index is 0.696. The molecule has 1 unspecified atom stereocenters. The Bertz CT molecular complexity index is 732. The fraction of sp³-hybridized carbons (Fsp3) is 0.300. The first kappa shape index (κ1) is 13.6. The number of ether oxygens (including phenoxy) is 1. The average Bonchev–Trinajstić information content (AvgIpc) is 2.69. The highest BCUT2D eigenvalue weighted by molar-refractivity contribution is 5.96. The van der Waals surface area contributed by atoms with E-state index in [2.05, 4.69) is 36.4 Å². The van der Waals surface area contributed by atoms with Crippen LogP contribution in [0.5, 0.6) is 11.5 Å². The Hall–Kier alpha value is -2.06. The predicted octanol–water partition coefficient (Wildman–Crippen LogP) is 4.85. The molecule has 1 aliphatic carbocycles. The summed E-state index contributed by atoms with van der Waals surface area (Å²) in [6.45, 7) is 0.780. The number of rotatable bonds is 2. The average molecular weight is 291 g/mol. The van der Waals surface area contributed by atoms with Gasteiger partial charge in [-0.15, -0.1) is 0 Å². The molecule has 0 bridgehead atoms. The van der Waals surface area contributed by atoms with Gasteiger partial charge in [-0.1, -0.05) is 36.4 Å². The number of allylic oxidation sites excluding steroid dienone is 2. The van der Waals surface area contributed by atoms with Crippen molar-refractivity contribution in [1.29, 1.82) is 0 Å². The van der Waals surface area contributed by atoms with Gasteiger partial charge >= 0.3 is 0 Å². The molecule has 0 amide bonds. The number of fused-ring (bicyclic) bond motifs is 4. The molecule has 2 N–H and O–H groups in total. The van der Waals surface area contributed by atoms with Gasteiger partial charge in [-0.3, -0.25) is 0 Å². The number of para-hydroxylation sites is 2. The van der Waals surface area contributed by atoms with E-state index in [1.807, 2.05) is 12.1 Å². The molecule has 112 valence electrons. The van der Waals surface area contributed by atoms with E-state index in [0.717, 1.165) is 37.3 Å². The number of benzene rings is 2. The third kappa shape index (κ3) is 2.24. The zero-order valence-corrected chi connectivity index (χ0v) is 12.7. The van der Waals surface area contributed by atoms with Crippen LogP contribution in [0.1, 0.15) is 36.8 Å². The van der Waals surface area contributed by atoms with Crippen molar-refractivity contribution in [2.75, 3.05) is 6.54 Å². The molecule has 0 saturated heterocycles. The van der Waals surface area contributed by atoms with Gasteiger partial charge in [0, 0.05) is 11.1 Å². The van der Waals surface area contributed by atoms with Gasteiger partial charge in [0.25, 0.3) is 0 Å². The molecular formula is C20H21NO. The molecule has 0 aromatic heterocycles. The smallest absolute Gasteiger partial charge is 0.134 e. The van der Waals surface area contributed by atoms with Crippen LogP contribution < -0.4 is 10.5 Å². The van der Waals surface area contributed by atoms with Crippen LogP contribution >= 0.6 is 0 Å². The van der Waals surface area contributed by atoms with Crippen molar-refractivity contribution in [3.63, 3.8) is 0 Å². The van der Waals surface area contributed by atoms with Crippen molar-refractivity contribution in [3.05, 3.63) is 59.7 Å². The van der Waals surface area contributed by atoms with Crippen LogP contribution in [0.3, 0.4) is 0 Å². The molecule has 2 aliphatic rings. The van der Waals surface area contributed by atoms with Gasteiger partial charge in [-0.05, 0) is 61.4 Å². The Kier molecular flexibility index (Phi) is 3.47. The van der Waals surface area contributed by atoms with Gasteiger partial charge < -0.3 is 10.5 Å². The van der Waals surface area contributed by atoms with Gasteiger partial charge in [0.1, 0.15) is 11.5 Å². The molecule has 2 nitrogen and oxygen atoms in total. The van der Waals surface area contributed by atoms with Gasteiger partial charge in [0.05, 0.1) is 0 Å². The van der Waals surface area contributed by atoms with Crippen molar-refractivity contribution in [2.45, 2.75) is 25.7 Å². The largest absolute Gasteiger partial charge is 0.456 e. The third-order valence-electron chi connectivity index (χ3n) is 4.88. The first-order chi connectivity index (χ1) is 10.9. The lowest BCUT2D eigenvalue weighted by molar-refractivity contribution is 0.464. The first-order valence-electron chi connectivity index (χ1n) is 8.15. The Balaban J connectivity index is 1.89. The second kappa shape index (κ2) is 5.62. The van der Waals surface area contributed by atoms with Crippen molar-refractivity contribution < 1.29 is 4.74 Å². The topological polar surface area (TPSA) is 35.2 Å². The van der Waals surface area contributed by atoms with E-state index in [1.165, 1.54) is 28.7 Å². The normalized spacial score (nSPS) is 19.6. The molecule has 2 aromatic carbocycles. The summed E-state index contributed by atoms with van der Waals surface area (Å²) in [5.74, 6) is 2.66. The van der Waals surface area contributed by atoms with Gasteiger partial charge in [-0.25, -0.2) is 0 Å². The van der Waals surface area contributed by atoms with E-state index in [4.69, 9.17) is 10.5 Å². The summed E-state index contributed by atoms with van der Waals surface area (Å²) < 4.78 is 6.22. The standard InChI is InChI=1S/C20H21NO/c21-12-11-14-9-10-15-16-5-1-3-7-19(16)22-20-8-4-2-6-17(20)18(15)13-14/h1-8,14H,9-13,21H2. The zero-order valence-electron chi connectivity index (χ0n) is 12.7. The molecule has 0 spiro atoms. The molecule has 2 aromatic rings. The Labute approximate surface area is 131 Å². The summed E-state index contributed by atoms with van der Waals surface area (Å²) in [4.78, 5) is 0. The van der Waals surface area contributed by atoms with E-state index < -0.39 is 0 Å². The quantitative estimate of drug-likeness (QED) is 0.858. The van der Waals surface area contributed by atoms with Crippen LogP contribution in [-0.2, 0) is 0 Å². The van der Waals surface area contributed by atoms with E-state index >= 15 is 0 Å². The number of nitrogens with two attached hydrogens (primary N) is 1. The van der Waals surface area contributed by atoms with Crippen molar-refractivity contribution in [2.24, 2.45) is 11.7 Å². The number of hydrogen-bond acceptors (Lipinski definition) is 2. The fourth-order valence-electron chi connectivity index (χ4n) is 3.79. The molecular weight excluding hydrogens is 270 g/mol. The molecule has 0 saturated carbocycles. The molecule has 1 heterocycles. The lowest BCUT2D eigenvalue weighted by Crippen LogP contribution is -2.13. The zero-order chi connectivity index (χ0) is 14.9. The summed E-state index contributed by atoms with van der Waals surface area (Å²) in [6, 6.07) is 16.9. The minimum absolute atomic E-state index is 0.696. The molecule has 1 aliphatic heterocycles. The highest BCUT2D eigenvalue weighted by Gasteiger charge is 2.28. The van der Waals surface area contributed by atoms with E-state index in [1.54, 1.807) is 0 Å². The second-order valence-corrected chi connectivity index (χ2v) is 6.24. The summed E-state index contributed by atoms with van der Waals surface area (Å²) in [6.07, 6.45) is 4.57. The van der Waals surface area contributed by atoms with Crippen LogP contribution in [0.25, 0.3) is 11.1 Å². The Morgan fingerprint density at radius 3 is 2.23 bits per heavy atom. The van der Waals surface area contributed by atoms with Crippen molar-refractivity contribution in [1.82, 2.24) is 0 Å². The van der Waals surface area contributed by atoms with Crippen LogP contribution in [-0.4, -0.2) is 6.54 Å². The minimum Gasteiger partial charge on any atom is -0.456 e. The lowest BCUT2D eigenvalue weighted by Gasteiger charge is -2.27. The molecule has 0 fully saturated rings. The van der Waals surface area contributed by atoms with Gasteiger partial charge in [0.2, 0.25) is 0 Å². The van der Waals surface area contributed by atoms with Crippen LogP contribution in [0.2, 0.25) is 0 Å². The highest BCUT2D eigenvalue weighted by atomic mass is 16.5. The molecule has 0 radical (unpaired) electrons. The summed E-state index contributed by atoms with van der Waals surface area (Å²) in [7, 11) is 0. The molecule has 4 rings (SSSR count). The summed E-state index contributed by atoms with van der Waals surface area (Å²) in [5, 5.41) is 0. The van der Waals surface area contributed by atoms with Crippen LogP contribution in [0, 0.1) is 5.92 Å². The number of hydrogen-bond donors (Lipinski definition) is 1. The van der Waals surface area contributed by atoms with Crippen molar-refractivity contribution in [3.8, 4) is 11.5 Å². The summed E-state index contributed by atoms with van der Waals surface area (Å²) >= 11 is 0. The molecule has 1 atom stereocenters. The maximum Gasteiger partial charge on any atom is 0.134 e. The van der Waals surface area contributed by atoms with E-state index in [-0.39, 0.29) is 0 Å². The first-order valence-corrected chi connectivity index (χ1v) is 8.15. The molecule has 2 heteroatoms. The van der Waals surface area contributed by atoms with E-state index in [0.29, 0.717) is 5.92 Å². The maximum atomic E-state index is 6.22. The lowest BCUT2D eigenvalue weighted by atomic mass is 9.77. The van der Waals surface area contributed by atoms with Crippen LogP contribution in [0.15, 0.2) is 48.5 Å². The monoisotopic (exact) mass is 291 g/mol. The molecule has 22 heavy (non-hydrogen) atoms. The SMILES string of the molecule is NCCC1CCC2=C(C1)c1ccccc1Oc1ccccc12. The maximum absolute atomic E-state index is 6.22. The fourth-order valence-corrected chi connectivity index (χ4v) is 3.79. The highest BCUT2D eigenvalue weighted by Crippen LogP contribution is 2.49. The van der Waals surface area contributed by atoms with Gasteiger partial charge in [0.15, 0.2) is 0 Å². The third-order valence-corrected chi connectivity index (χ3v) is 4.88. The van der Waals surface area contributed by atoms with E-state index in [9.17, 15) is 0 Å². The predicted molar refractivity (Wildman–Crippen MR) is 90.8 cm³/mol. The van der Waals surface area contributed by atoms with Crippen molar-refractivity contribution >= 4 is 11.1 Å². The Morgan fingerprint density at radius 2 is 1.55 bits per heavy atom. The second-order valence-electron chi connectivity index (χ2n) is 6.24. The Morgan fingerprint density at radius 1 is 0.909 bits per heavy atom. The summed E-state index contributed by atoms with van der Waals surface area (Å²) in [5.41, 5.74) is 11.2.